The number of hydrogen-bond acceptors (Lipinski definition) is 4. The van der Waals surface area contributed by atoms with Gasteiger partial charge in [0.2, 0.25) is 0 Å². The normalized spacial score (nSPS) is 10.4. The van der Waals surface area contributed by atoms with Crippen molar-refractivity contribution < 1.29 is 14.6 Å². The van der Waals surface area contributed by atoms with E-state index in [1.807, 2.05) is 14.1 Å². The predicted molar refractivity (Wildman–Crippen MR) is 71.6 cm³/mol. The van der Waals surface area contributed by atoms with Gasteiger partial charge in [0.05, 0.1) is 18.4 Å². The van der Waals surface area contributed by atoms with Crippen LogP contribution in [0, 0.1) is 0 Å². The molecule has 18 heavy (non-hydrogen) atoms. The summed E-state index contributed by atoms with van der Waals surface area (Å²) in [6, 6.07) is 4.91. The molecule has 0 aliphatic heterocycles. The zero-order valence-electron chi connectivity index (χ0n) is 11.1. The first-order valence-corrected chi connectivity index (χ1v) is 5.84. The molecule has 0 fully saturated rings. The van der Waals surface area contributed by atoms with Crippen molar-refractivity contribution in [1.82, 2.24) is 4.90 Å². The Morgan fingerprint density at radius 2 is 2.17 bits per heavy atom. The van der Waals surface area contributed by atoms with Crippen molar-refractivity contribution in [3.8, 4) is 5.75 Å². The molecule has 2 N–H and O–H groups in total. The van der Waals surface area contributed by atoms with Gasteiger partial charge in [0.1, 0.15) is 5.75 Å². The highest BCUT2D eigenvalue weighted by Crippen LogP contribution is 2.22. The SMILES string of the molecule is COc1ccc(C(=O)O)c(NCCCN(C)C)c1. The van der Waals surface area contributed by atoms with E-state index in [-0.39, 0.29) is 5.56 Å². The van der Waals surface area contributed by atoms with Crippen molar-refractivity contribution in [3.63, 3.8) is 0 Å². The molecule has 1 aromatic carbocycles. The maximum Gasteiger partial charge on any atom is 0.337 e. The van der Waals surface area contributed by atoms with Crippen LogP contribution >= 0.6 is 0 Å². The summed E-state index contributed by atoms with van der Waals surface area (Å²) in [6.45, 7) is 1.69. The third-order valence-electron chi connectivity index (χ3n) is 2.55. The predicted octanol–water partition coefficient (Wildman–Crippen LogP) is 1.76. The van der Waals surface area contributed by atoms with Crippen LogP contribution < -0.4 is 10.1 Å². The first-order valence-electron chi connectivity index (χ1n) is 5.84. The molecule has 5 nitrogen and oxygen atoms in total. The molecule has 0 heterocycles. The molecule has 0 bridgehead atoms. The summed E-state index contributed by atoms with van der Waals surface area (Å²) in [4.78, 5) is 13.2. The van der Waals surface area contributed by atoms with E-state index in [0.29, 0.717) is 11.4 Å². The van der Waals surface area contributed by atoms with E-state index in [1.165, 1.54) is 0 Å². The molecule has 0 spiro atoms. The molecule has 1 aromatic rings. The van der Waals surface area contributed by atoms with E-state index < -0.39 is 5.97 Å². The van der Waals surface area contributed by atoms with Crippen LogP contribution in [0.25, 0.3) is 0 Å². The van der Waals surface area contributed by atoms with Crippen molar-refractivity contribution in [1.29, 1.82) is 0 Å². The molecule has 0 aromatic heterocycles. The lowest BCUT2D eigenvalue weighted by molar-refractivity contribution is 0.0698. The number of nitrogens with zero attached hydrogens (tertiary/aromatic N) is 1. The summed E-state index contributed by atoms with van der Waals surface area (Å²) in [5.74, 6) is -0.289. The van der Waals surface area contributed by atoms with Crippen LogP contribution in [-0.2, 0) is 0 Å². The van der Waals surface area contributed by atoms with Crippen LogP contribution in [0.1, 0.15) is 16.8 Å². The molecular formula is C13H20N2O3. The maximum absolute atomic E-state index is 11.1. The number of anilines is 1. The highest BCUT2D eigenvalue weighted by atomic mass is 16.5. The second kappa shape index (κ2) is 6.86. The minimum Gasteiger partial charge on any atom is -0.497 e. The van der Waals surface area contributed by atoms with Crippen molar-refractivity contribution >= 4 is 11.7 Å². The fraction of sp³-hybridized carbons (Fsp3) is 0.462. The summed E-state index contributed by atoms with van der Waals surface area (Å²) < 4.78 is 5.09. The molecule has 0 saturated carbocycles. The minimum absolute atomic E-state index is 0.264. The first kappa shape index (κ1) is 14.3. The van der Waals surface area contributed by atoms with Gasteiger partial charge in [-0.3, -0.25) is 0 Å². The van der Waals surface area contributed by atoms with Gasteiger partial charge in [-0.05, 0) is 39.2 Å². The van der Waals surface area contributed by atoms with Gasteiger partial charge in [-0.1, -0.05) is 0 Å². The Hall–Kier alpha value is -1.75. The number of rotatable bonds is 7. The third-order valence-corrected chi connectivity index (χ3v) is 2.55. The Balaban J connectivity index is 2.69. The van der Waals surface area contributed by atoms with Crippen LogP contribution in [-0.4, -0.2) is 50.3 Å². The number of carboxylic acid groups (broad SMARTS) is 1. The number of carbonyl (C=O) groups is 1. The molecule has 0 radical (unpaired) electrons. The zero-order chi connectivity index (χ0) is 13.5. The van der Waals surface area contributed by atoms with E-state index in [1.54, 1.807) is 25.3 Å². The van der Waals surface area contributed by atoms with Gasteiger partial charge >= 0.3 is 5.97 Å². The number of aromatic carboxylic acids is 1. The fourth-order valence-corrected chi connectivity index (χ4v) is 1.60. The summed E-state index contributed by atoms with van der Waals surface area (Å²) in [5, 5.41) is 12.2. The molecule has 0 unspecified atom stereocenters. The van der Waals surface area contributed by atoms with Crippen LogP contribution in [0.3, 0.4) is 0 Å². The quantitative estimate of drug-likeness (QED) is 0.724. The van der Waals surface area contributed by atoms with Gasteiger partial charge in [-0.2, -0.15) is 0 Å². The van der Waals surface area contributed by atoms with Gasteiger partial charge in [-0.25, -0.2) is 4.79 Å². The molecular weight excluding hydrogens is 232 g/mol. The van der Waals surface area contributed by atoms with Crippen molar-refractivity contribution in [2.75, 3.05) is 39.6 Å². The van der Waals surface area contributed by atoms with E-state index >= 15 is 0 Å². The Morgan fingerprint density at radius 1 is 1.44 bits per heavy atom. The summed E-state index contributed by atoms with van der Waals surface area (Å²) in [5.41, 5.74) is 0.862. The van der Waals surface area contributed by atoms with Crippen LogP contribution in [0.2, 0.25) is 0 Å². The first-order chi connectivity index (χ1) is 8.54. The van der Waals surface area contributed by atoms with Crippen LogP contribution in [0.4, 0.5) is 5.69 Å². The Bertz CT molecular complexity index is 405. The highest BCUT2D eigenvalue weighted by Gasteiger charge is 2.10. The maximum atomic E-state index is 11.1. The van der Waals surface area contributed by atoms with Gasteiger partial charge in [0, 0.05) is 12.6 Å². The summed E-state index contributed by atoms with van der Waals surface area (Å²) in [7, 11) is 5.58. The lowest BCUT2D eigenvalue weighted by Gasteiger charge is -2.13. The second-order valence-electron chi connectivity index (χ2n) is 4.30. The Morgan fingerprint density at radius 3 is 2.72 bits per heavy atom. The largest absolute Gasteiger partial charge is 0.497 e. The Labute approximate surface area is 107 Å². The molecule has 0 amide bonds. The zero-order valence-corrected chi connectivity index (χ0v) is 11.1. The monoisotopic (exact) mass is 252 g/mol. The number of ether oxygens (including phenoxy) is 1. The minimum atomic E-state index is -0.937. The fourth-order valence-electron chi connectivity index (χ4n) is 1.60. The number of hydrogen-bond donors (Lipinski definition) is 2. The van der Waals surface area contributed by atoms with Gasteiger partial charge in [0.15, 0.2) is 0 Å². The number of carboxylic acids is 1. The van der Waals surface area contributed by atoms with Crippen LogP contribution in [0.5, 0.6) is 5.75 Å². The standard InChI is InChI=1S/C13H20N2O3/c1-15(2)8-4-7-14-12-9-10(18-3)5-6-11(12)13(16)17/h5-6,9,14H,4,7-8H2,1-3H3,(H,16,17). The number of methoxy groups -OCH3 is 1. The molecule has 100 valence electrons. The molecule has 0 atom stereocenters. The van der Waals surface area contributed by atoms with E-state index in [9.17, 15) is 4.79 Å². The van der Waals surface area contributed by atoms with Crippen molar-refractivity contribution in [3.05, 3.63) is 23.8 Å². The third kappa shape index (κ3) is 4.25. The van der Waals surface area contributed by atoms with E-state index in [2.05, 4.69) is 10.2 Å². The summed E-state index contributed by atoms with van der Waals surface area (Å²) >= 11 is 0. The van der Waals surface area contributed by atoms with Gasteiger partial charge in [0.25, 0.3) is 0 Å². The second-order valence-corrected chi connectivity index (χ2v) is 4.30. The molecule has 0 saturated heterocycles. The molecule has 0 aliphatic carbocycles. The summed E-state index contributed by atoms with van der Waals surface area (Å²) in [6.07, 6.45) is 0.948. The average Bonchev–Trinajstić information content (AvgIpc) is 2.33. The van der Waals surface area contributed by atoms with Crippen molar-refractivity contribution in [2.24, 2.45) is 0 Å². The molecule has 5 heteroatoms. The Kier molecular flexibility index (Phi) is 5.45. The topological polar surface area (TPSA) is 61.8 Å². The lowest BCUT2D eigenvalue weighted by Crippen LogP contribution is -2.17. The van der Waals surface area contributed by atoms with E-state index in [0.717, 1.165) is 19.5 Å². The molecule has 0 aliphatic rings. The van der Waals surface area contributed by atoms with Gasteiger partial charge < -0.3 is 20.1 Å². The van der Waals surface area contributed by atoms with E-state index in [4.69, 9.17) is 9.84 Å². The van der Waals surface area contributed by atoms with Gasteiger partial charge in [-0.15, -0.1) is 0 Å². The smallest absolute Gasteiger partial charge is 0.337 e. The number of nitrogens with one attached hydrogen (secondary N) is 1. The molecule has 1 rings (SSSR count). The van der Waals surface area contributed by atoms with Crippen LogP contribution in [0.15, 0.2) is 18.2 Å². The lowest BCUT2D eigenvalue weighted by atomic mass is 10.1. The average molecular weight is 252 g/mol. The van der Waals surface area contributed by atoms with Crippen molar-refractivity contribution in [2.45, 2.75) is 6.42 Å². The highest BCUT2D eigenvalue weighted by molar-refractivity contribution is 5.94. The number of benzene rings is 1.